The number of likely N-dealkylation sites (tertiary alicyclic amines) is 2. The van der Waals surface area contributed by atoms with Gasteiger partial charge in [0.25, 0.3) is 0 Å². The van der Waals surface area contributed by atoms with Gasteiger partial charge < -0.3 is 19.4 Å². The molecular weight excluding hydrogens is 451 g/mol. The molecule has 0 radical (unpaired) electrons. The number of halogens is 1. The van der Waals surface area contributed by atoms with Crippen LogP contribution in [-0.2, 0) is 19.1 Å². The molecule has 1 aromatic rings. The third kappa shape index (κ3) is 4.87. The number of rotatable bonds is 5. The van der Waals surface area contributed by atoms with Gasteiger partial charge in [-0.15, -0.1) is 0 Å². The molecule has 0 bridgehead atoms. The first-order chi connectivity index (χ1) is 16.8. The summed E-state index contributed by atoms with van der Waals surface area (Å²) >= 11 is 0. The lowest BCUT2D eigenvalue weighted by molar-refractivity contribution is -0.156. The van der Waals surface area contributed by atoms with Gasteiger partial charge in [-0.05, 0) is 49.9 Å². The molecule has 0 aromatic heterocycles. The molecule has 4 aliphatic rings. The smallest absolute Gasteiger partial charge is 0.312 e. The molecule has 4 aliphatic heterocycles. The van der Waals surface area contributed by atoms with Crippen molar-refractivity contribution >= 4 is 23.5 Å². The molecule has 4 saturated heterocycles. The van der Waals surface area contributed by atoms with Crippen LogP contribution in [0.3, 0.4) is 0 Å². The van der Waals surface area contributed by atoms with Gasteiger partial charge >= 0.3 is 5.97 Å². The Morgan fingerprint density at radius 3 is 2.31 bits per heavy atom. The maximum atomic E-state index is 13.2. The highest BCUT2D eigenvalue weighted by atomic mass is 19.1. The van der Waals surface area contributed by atoms with Crippen LogP contribution in [0.2, 0.25) is 0 Å². The lowest BCUT2D eigenvalue weighted by Gasteiger charge is -2.44. The molecule has 0 saturated carbocycles. The van der Waals surface area contributed by atoms with E-state index in [0.29, 0.717) is 32.5 Å². The zero-order valence-corrected chi connectivity index (χ0v) is 20.5. The first-order valence-corrected chi connectivity index (χ1v) is 12.8. The fraction of sp³-hybridized carbons (Fsp3) is 0.654. The van der Waals surface area contributed by atoms with Crippen molar-refractivity contribution in [1.82, 2.24) is 14.7 Å². The van der Waals surface area contributed by atoms with Crippen molar-refractivity contribution in [3.63, 3.8) is 0 Å². The first-order valence-electron chi connectivity index (χ1n) is 12.8. The van der Waals surface area contributed by atoms with Gasteiger partial charge in [-0.3, -0.25) is 19.3 Å². The van der Waals surface area contributed by atoms with Crippen LogP contribution in [0.1, 0.15) is 39.0 Å². The maximum Gasteiger partial charge on any atom is 0.312 e. The second-order valence-electron chi connectivity index (χ2n) is 10.4. The Kier molecular flexibility index (Phi) is 6.70. The third-order valence-corrected chi connectivity index (χ3v) is 8.40. The summed E-state index contributed by atoms with van der Waals surface area (Å²) in [6, 6.07) is 6.33. The number of piperazine rings is 1. The van der Waals surface area contributed by atoms with Crippen LogP contribution in [0.5, 0.6) is 0 Å². The van der Waals surface area contributed by atoms with Crippen LogP contribution >= 0.6 is 0 Å². The van der Waals surface area contributed by atoms with E-state index in [9.17, 15) is 18.8 Å². The molecule has 190 valence electrons. The SMILES string of the molecule is CC(=O)N1CC[C@H]1C(=O)N1CCC2(CC1)C[C@H](CCN1CCN(c3ccc(F)cc3)CC1)OC2=O. The molecule has 2 atom stereocenters. The molecule has 0 N–H and O–H groups in total. The molecule has 2 amide bonds. The van der Waals surface area contributed by atoms with Gasteiger partial charge in [0.05, 0.1) is 5.41 Å². The minimum atomic E-state index is -0.470. The second-order valence-corrected chi connectivity index (χ2v) is 10.4. The number of benzene rings is 1. The number of carbonyl (C=O) groups excluding carboxylic acids is 3. The van der Waals surface area contributed by atoms with Crippen molar-refractivity contribution in [2.45, 2.75) is 51.2 Å². The fourth-order valence-corrected chi connectivity index (χ4v) is 6.00. The number of amides is 2. The summed E-state index contributed by atoms with van der Waals surface area (Å²) in [5.41, 5.74) is 0.580. The van der Waals surface area contributed by atoms with Gasteiger partial charge in [0, 0.05) is 71.4 Å². The highest BCUT2D eigenvalue weighted by molar-refractivity contribution is 5.89. The number of piperidine rings is 1. The predicted octanol–water partition coefficient (Wildman–Crippen LogP) is 1.88. The molecule has 5 rings (SSSR count). The first kappa shape index (κ1) is 24.0. The summed E-state index contributed by atoms with van der Waals surface area (Å²) in [7, 11) is 0. The van der Waals surface area contributed by atoms with Crippen molar-refractivity contribution in [2.75, 3.05) is 57.3 Å². The number of hydrogen-bond acceptors (Lipinski definition) is 6. The Bertz CT molecular complexity index is 955. The van der Waals surface area contributed by atoms with Gasteiger partial charge in [-0.25, -0.2) is 4.39 Å². The van der Waals surface area contributed by atoms with E-state index >= 15 is 0 Å². The molecule has 1 spiro atoms. The third-order valence-electron chi connectivity index (χ3n) is 8.40. The second kappa shape index (κ2) is 9.76. The summed E-state index contributed by atoms with van der Waals surface area (Å²) in [4.78, 5) is 45.5. The number of esters is 1. The minimum absolute atomic E-state index is 0.0176. The number of hydrogen-bond donors (Lipinski definition) is 0. The topological polar surface area (TPSA) is 73.4 Å². The number of nitrogens with zero attached hydrogens (tertiary/aromatic N) is 4. The van der Waals surface area contributed by atoms with Crippen molar-refractivity contribution in [3.8, 4) is 0 Å². The molecular formula is C26H35FN4O4. The van der Waals surface area contributed by atoms with Gasteiger partial charge in [0.15, 0.2) is 0 Å². The van der Waals surface area contributed by atoms with Gasteiger partial charge in [-0.2, -0.15) is 0 Å². The molecule has 4 fully saturated rings. The molecule has 8 nitrogen and oxygen atoms in total. The lowest BCUT2D eigenvalue weighted by atomic mass is 9.75. The van der Waals surface area contributed by atoms with Crippen molar-refractivity contribution in [2.24, 2.45) is 5.41 Å². The van der Waals surface area contributed by atoms with E-state index in [1.165, 1.54) is 19.1 Å². The Balaban J connectivity index is 1.06. The molecule has 35 heavy (non-hydrogen) atoms. The average Bonchev–Trinajstić information content (AvgIpc) is 3.12. The zero-order valence-electron chi connectivity index (χ0n) is 20.5. The van der Waals surface area contributed by atoms with E-state index < -0.39 is 5.41 Å². The van der Waals surface area contributed by atoms with Crippen LogP contribution in [-0.4, -0.2) is 97.0 Å². The van der Waals surface area contributed by atoms with E-state index in [4.69, 9.17) is 4.74 Å². The number of ether oxygens (including phenoxy) is 1. The van der Waals surface area contributed by atoms with Gasteiger partial charge in [-0.1, -0.05) is 0 Å². The van der Waals surface area contributed by atoms with Gasteiger partial charge in [0.2, 0.25) is 11.8 Å². The summed E-state index contributed by atoms with van der Waals surface area (Å²) in [6.07, 6.45) is 3.48. The molecule has 0 unspecified atom stereocenters. The normalized spacial score (nSPS) is 26.6. The Morgan fingerprint density at radius 1 is 1.03 bits per heavy atom. The van der Waals surface area contributed by atoms with Crippen molar-refractivity contribution < 1.29 is 23.5 Å². The van der Waals surface area contributed by atoms with Crippen LogP contribution in [0, 0.1) is 11.2 Å². The lowest BCUT2D eigenvalue weighted by Crippen LogP contribution is -2.60. The summed E-state index contributed by atoms with van der Waals surface area (Å²) in [5, 5.41) is 0. The van der Waals surface area contributed by atoms with E-state index in [-0.39, 0.29) is 35.7 Å². The quantitative estimate of drug-likeness (QED) is 0.592. The van der Waals surface area contributed by atoms with Crippen molar-refractivity contribution in [1.29, 1.82) is 0 Å². The van der Waals surface area contributed by atoms with Gasteiger partial charge in [0.1, 0.15) is 18.0 Å². The molecule has 0 aliphatic carbocycles. The minimum Gasteiger partial charge on any atom is -0.462 e. The fourth-order valence-electron chi connectivity index (χ4n) is 6.00. The van der Waals surface area contributed by atoms with Crippen LogP contribution in [0.25, 0.3) is 0 Å². The van der Waals surface area contributed by atoms with E-state index in [2.05, 4.69) is 9.80 Å². The average molecular weight is 487 g/mol. The number of cyclic esters (lactones) is 1. The monoisotopic (exact) mass is 486 g/mol. The molecule has 4 heterocycles. The zero-order chi connectivity index (χ0) is 24.6. The predicted molar refractivity (Wildman–Crippen MR) is 128 cm³/mol. The Hall–Kier alpha value is -2.68. The van der Waals surface area contributed by atoms with E-state index in [0.717, 1.165) is 57.7 Å². The molecule has 1 aromatic carbocycles. The van der Waals surface area contributed by atoms with Crippen LogP contribution < -0.4 is 4.90 Å². The number of anilines is 1. The number of carbonyl (C=O) groups is 3. The highest BCUT2D eigenvalue weighted by Gasteiger charge is 2.51. The standard InChI is InChI=1S/C26H35FN4O4/c1-19(32)31-11-7-23(31)24(33)30-12-8-26(9-13-30)18-22(35-25(26)34)6-10-28-14-16-29(17-15-28)21-4-2-20(27)3-5-21/h2-5,22-23H,6-18H2,1H3/t22-,23-/m0/s1. The Labute approximate surface area is 206 Å². The van der Waals surface area contributed by atoms with Crippen LogP contribution in [0.4, 0.5) is 10.1 Å². The van der Waals surface area contributed by atoms with Crippen molar-refractivity contribution in [3.05, 3.63) is 30.1 Å². The van der Waals surface area contributed by atoms with E-state index in [1.54, 1.807) is 4.90 Å². The largest absolute Gasteiger partial charge is 0.462 e. The summed E-state index contributed by atoms with van der Waals surface area (Å²) in [6.45, 7) is 7.79. The highest BCUT2D eigenvalue weighted by Crippen LogP contribution is 2.44. The summed E-state index contributed by atoms with van der Waals surface area (Å²) < 4.78 is 19.0. The Morgan fingerprint density at radius 2 is 1.71 bits per heavy atom. The maximum absolute atomic E-state index is 13.2. The summed E-state index contributed by atoms with van der Waals surface area (Å²) in [5.74, 6) is -0.359. The van der Waals surface area contributed by atoms with Crippen LogP contribution in [0.15, 0.2) is 24.3 Å². The molecule has 9 heteroatoms. The van der Waals surface area contributed by atoms with E-state index in [1.807, 2.05) is 17.0 Å².